The van der Waals surface area contributed by atoms with E-state index in [9.17, 15) is 0 Å². The smallest absolute Gasteiger partial charge is 0.133 e. The molecule has 0 fully saturated rings. The molecule has 1 aromatic rings. The number of aryl methyl sites for hydroxylation is 1. The second-order valence-corrected chi connectivity index (χ2v) is 4.84. The Bertz CT molecular complexity index is 342. The first-order valence-corrected chi connectivity index (χ1v) is 6.34. The van der Waals surface area contributed by atoms with E-state index < -0.39 is 0 Å². The molecule has 0 amide bonds. The van der Waals surface area contributed by atoms with E-state index in [2.05, 4.69) is 22.2 Å². The number of anilines is 1. The number of hydrogen-bond donors (Lipinski definition) is 2. The summed E-state index contributed by atoms with van der Waals surface area (Å²) in [4.78, 5) is 8.61. The lowest BCUT2D eigenvalue weighted by atomic mass is 10.2. The van der Waals surface area contributed by atoms with Gasteiger partial charge in [-0.25, -0.2) is 9.97 Å². The number of fused-ring (bicyclic) bond motifs is 1. The van der Waals surface area contributed by atoms with E-state index in [0.29, 0.717) is 6.54 Å². The van der Waals surface area contributed by atoms with Crippen molar-refractivity contribution in [2.45, 2.75) is 25.1 Å². The topological polar surface area (TPSA) is 63.8 Å². The molecule has 0 bridgehead atoms. The minimum absolute atomic E-state index is 0.260. The maximum absolute atomic E-state index is 5.58. The Morgan fingerprint density at radius 2 is 2.47 bits per heavy atom. The summed E-state index contributed by atoms with van der Waals surface area (Å²) >= 11 is 1.94. The van der Waals surface area contributed by atoms with Crippen LogP contribution in [0.1, 0.15) is 18.2 Å². The van der Waals surface area contributed by atoms with Gasteiger partial charge in [-0.05, 0) is 19.1 Å². The highest BCUT2D eigenvalue weighted by atomic mass is 32.2. The molecule has 1 aliphatic heterocycles. The van der Waals surface area contributed by atoms with Crippen molar-refractivity contribution in [3.05, 3.63) is 17.6 Å². The van der Waals surface area contributed by atoms with Crippen LogP contribution in [0, 0.1) is 0 Å². The van der Waals surface area contributed by atoms with Crippen LogP contribution < -0.4 is 11.1 Å². The summed E-state index contributed by atoms with van der Waals surface area (Å²) in [5.41, 5.74) is 8.03. The van der Waals surface area contributed by atoms with Gasteiger partial charge in [0, 0.05) is 23.9 Å². The first-order valence-electron chi connectivity index (χ1n) is 5.18. The van der Waals surface area contributed by atoms with Crippen molar-refractivity contribution in [1.82, 2.24) is 9.97 Å². The number of nitrogens with two attached hydrogens (primary N) is 1. The number of nitrogens with one attached hydrogen (secondary N) is 1. The Morgan fingerprint density at radius 1 is 1.60 bits per heavy atom. The summed E-state index contributed by atoms with van der Waals surface area (Å²) in [7, 11) is 0. The second-order valence-electron chi connectivity index (χ2n) is 3.73. The number of aromatic nitrogens is 2. The van der Waals surface area contributed by atoms with E-state index in [0.717, 1.165) is 23.7 Å². The van der Waals surface area contributed by atoms with Gasteiger partial charge in [0.1, 0.15) is 12.1 Å². The van der Waals surface area contributed by atoms with Gasteiger partial charge in [-0.3, -0.25) is 0 Å². The fraction of sp³-hybridized carbons (Fsp3) is 0.600. The van der Waals surface area contributed by atoms with Crippen molar-refractivity contribution < 1.29 is 0 Å². The van der Waals surface area contributed by atoms with E-state index in [1.165, 1.54) is 11.3 Å². The summed E-state index contributed by atoms with van der Waals surface area (Å²) in [6, 6.07) is 0.260. The van der Waals surface area contributed by atoms with Gasteiger partial charge < -0.3 is 11.1 Å². The first-order chi connectivity index (χ1) is 7.31. The van der Waals surface area contributed by atoms with Gasteiger partial charge in [0.05, 0.1) is 5.69 Å². The Balaban J connectivity index is 2.23. The number of rotatable bonds is 3. The van der Waals surface area contributed by atoms with Crippen molar-refractivity contribution in [2.75, 3.05) is 17.6 Å². The predicted molar refractivity (Wildman–Crippen MR) is 64.0 cm³/mol. The Morgan fingerprint density at radius 3 is 3.27 bits per heavy atom. The van der Waals surface area contributed by atoms with Crippen LogP contribution in [0.5, 0.6) is 0 Å². The van der Waals surface area contributed by atoms with Crippen LogP contribution in [0.3, 0.4) is 0 Å². The summed E-state index contributed by atoms with van der Waals surface area (Å²) in [5, 5.41) is 3.33. The average molecular weight is 224 g/mol. The molecule has 0 saturated carbocycles. The van der Waals surface area contributed by atoms with Gasteiger partial charge in [0.2, 0.25) is 0 Å². The first kappa shape index (κ1) is 10.7. The van der Waals surface area contributed by atoms with E-state index in [1.54, 1.807) is 6.33 Å². The molecule has 0 saturated heterocycles. The van der Waals surface area contributed by atoms with Crippen LogP contribution in [-0.4, -0.2) is 28.3 Å². The zero-order chi connectivity index (χ0) is 10.7. The molecule has 0 aliphatic carbocycles. The molecule has 1 aliphatic rings. The third-order valence-electron chi connectivity index (χ3n) is 2.50. The summed E-state index contributed by atoms with van der Waals surface area (Å²) in [5.74, 6) is 3.14. The number of hydrogen-bond acceptors (Lipinski definition) is 5. The molecule has 15 heavy (non-hydrogen) atoms. The van der Waals surface area contributed by atoms with Gasteiger partial charge >= 0.3 is 0 Å². The third kappa shape index (κ3) is 2.41. The SMILES string of the molecule is CC(CN)Nc1ncnc2c1CSCC2. The van der Waals surface area contributed by atoms with E-state index >= 15 is 0 Å². The van der Waals surface area contributed by atoms with Gasteiger partial charge in [0.25, 0.3) is 0 Å². The normalized spacial score (nSPS) is 16.9. The number of nitrogens with zero attached hydrogens (tertiary/aromatic N) is 2. The molecule has 3 N–H and O–H groups in total. The molecule has 2 rings (SSSR count). The maximum atomic E-state index is 5.58. The van der Waals surface area contributed by atoms with Gasteiger partial charge in [-0.2, -0.15) is 11.8 Å². The molecule has 1 unspecified atom stereocenters. The third-order valence-corrected chi connectivity index (χ3v) is 3.49. The maximum Gasteiger partial charge on any atom is 0.133 e. The monoisotopic (exact) mass is 224 g/mol. The fourth-order valence-electron chi connectivity index (χ4n) is 1.58. The number of thioether (sulfide) groups is 1. The highest BCUT2D eigenvalue weighted by Crippen LogP contribution is 2.27. The second kappa shape index (κ2) is 4.81. The molecule has 0 aromatic carbocycles. The molecule has 4 nitrogen and oxygen atoms in total. The highest BCUT2D eigenvalue weighted by molar-refractivity contribution is 7.98. The molecular weight excluding hydrogens is 208 g/mol. The molecule has 82 valence electrons. The van der Waals surface area contributed by atoms with Crippen LogP contribution in [-0.2, 0) is 12.2 Å². The minimum Gasteiger partial charge on any atom is -0.366 e. The molecule has 1 aromatic heterocycles. The molecule has 5 heteroatoms. The van der Waals surface area contributed by atoms with Gasteiger partial charge in [-0.15, -0.1) is 0 Å². The fourth-order valence-corrected chi connectivity index (χ4v) is 2.57. The van der Waals surface area contributed by atoms with E-state index in [1.807, 2.05) is 11.8 Å². The zero-order valence-electron chi connectivity index (χ0n) is 8.86. The molecule has 0 radical (unpaired) electrons. The molecule has 0 spiro atoms. The quantitative estimate of drug-likeness (QED) is 0.802. The van der Waals surface area contributed by atoms with Crippen LogP contribution in [0.15, 0.2) is 6.33 Å². The lowest BCUT2D eigenvalue weighted by Gasteiger charge is -2.20. The van der Waals surface area contributed by atoms with Crippen molar-refractivity contribution >= 4 is 17.6 Å². The van der Waals surface area contributed by atoms with Crippen molar-refractivity contribution in [3.8, 4) is 0 Å². The Kier molecular flexibility index (Phi) is 3.43. The largest absolute Gasteiger partial charge is 0.366 e. The standard InChI is InChI=1S/C10H16N4S/c1-7(4-11)14-10-8-5-15-3-2-9(8)12-6-13-10/h6-7H,2-5,11H2,1H3,(H,12,13,14). The Hall–Kier alpha value is -0.810. The van der Waals surface area contributed by atoms with E-state index in [-0.39, 0.29) is 6.04 Å². The van der Waals surface area contributed by atoms with Crippen LogP contribution in [0.25, 0.3) is 0 Å². The lowest BCUT2D eigenvalue weighted by Crippen LogP contribution is -2.27. The molecule has 2 heterocycles. The predicted octanol–water partition coefficient (Wildman–Crippen LogP) is 1.02. The van der Waals surface area contributed by atoms with Crippen LogP contribution in [0.4, 0.5) is 5.82 Å². The average Bonchev–Trinajstić information content (AvgIpc) is 2.29. The highest BCUT2D eigenvalue weighted by Gasteiger charge is 2.16. The van der Waals surface area contributed by atoms with Gasteiger partial charge in [-0.1, -0.05) is 0 Å². The van der Waals surface area contributed by atoms with Gasteiger partial charge in [0.15, 0.2) is 0 Å². The molecular formula is C10H16N4S. The zero-order valence-corrected chi connectivity index (χ0v) is 9.68. The van der Waals surface area contributed by atoms with Crippen LogP contribution >= 0.6 is 11.8 Å². The van der Waals surface area contributed by atoms with Crippen molar-refractivity contribution in [3.63, 3.8) is 0 Å². The Labute approximate surface area is 94.1 Å². The lowest BCUT2D eigenvalue weighted by molar-refractivity contribution is 0.791. The van der Waals surface area contributed by atoms with E-state index in [4.69, 9.17) is 5.73 Å². The summed E-state index contributed by atoms with van der Waals surface area (Å²) in [6.07, 6.45) is 2.69. The summed E-state index contributed by atoms with van der Waals surface area (Å²) < 4.78 is 0. The van der Waals surface area contributed by atoms with Crippen molar-refractivity contribution in [1.29, 1.82) is 0 Å². The molecule has 1 atom stereocenters. The van der Waals surface area contributed by atoms with Crippen LogP contribution in [0.2, 0.25) is 0 Å². The minimum atomic E-state index is 0.260. The summed E-state index contributed by atoms with van der Waals surface area (Å²) in [6.45, 7) is 2.68. The van der Waals surface area contributed by atoms with Crippen molar-refractivity contribution in [2.24, 2.45) is 5.73 Å².